The Hall–Kier alpha value is -0.180. The molecule has 2 atom stereocenters. The molecule has 0 aromatic heterocycles. The van der Waals surface area contributed by atoms with Crippen molar-refractivity contribution >= 4 is 16.6 Å². The lowest BCUT2D eigenvalue weighted by Gasteiger charge is -2.11. The summed E-state index contributed by atoms with van der Waals surface area (Å²) in [4.78, 5) is 11.3. The van der Waals surface area contributed by atoms with E-state index in [1.807, 2.05) is 0 Å². The van der Waals surface area contributed by atoms with Crippen LogP contribution >= 0.6 is 0 Å². The summed E-state index contributed by atoms with van der Waals surface area (Å²) in [6, 6.07) is 0. The molecule has 76 valence electrons. The molecule has 2 nitrogen and oxygen atoms in total. The Morgan fingerprint density at radius 1 is 1.46 bits per heavy atom. The predicted molar refractivity (Wildman–Crippen MR) is 55.1 cm³/mol. The highest BCUT2D eigenvalue weighted by Gasteiger charge is 2.17. The van der Waals surface area contributed by atoms with Crippen LogP contribution < -0.4 is 0 Å². The van der Waals surface area contributed by atoms with E-state index in [2.05, 4.69) is 0 Å². The predicted octanol–water partition coefficient (Wildman–Crippen LogP) is 1.90. The minimum Gasteiger partial charge on any atom is -0.300 e. The normalized spacial score (nSPS) is 26.8. The smallest absolute Gasteiger partial charge is 0.133 e. The van der Waals surface area contributed by atoms with Crippen LogP contribution in [0.15, 0.2) is 0 Å². The summed E-state index contributed by atoms with van der Waals surface area (Å²) in [5.74, 6) is 1.68. The number of rotatable bonds is 3. The molecule has 2 unspecified atom stereocenters. The lowest BCUT2D eigenvalue weighted by atomic mass is 9.97. The zero-order chi connectivity index (χ0) is 9.68. The number of hydrogen-bond donors (Lipinski definition) is 0. The van der Waals surface area contributed by atoms with Crippen LogP contribution in [0.2, 0.25) is 0 Å². The van der Waals surface area contributed by atoms with Crippen LogP contribution in [-0.4, -0.2) is 22.0 Å². The zero-order valence-corrected chi connectivity index (χ0v) is 9.07. The molecule has 0 aliphatic heterocycles. The van der Waals surface area contributed by atoms with Gasteiger partial charge in [0.25, 0.3) is 0 Å². The van der Waals surface area contributed by atoms with Gasteiger partial charge in [-0.2, -0.15) is 0 Å². The van der Waals surface area contributed by atoms with Crippen molar-refractivity contribution in [2.45, 2.75) is 38.5 Å². The van der Waals surface area contributed by atoms with Gasteiger partial charge < -0.3 is 0 Å². The van der Waals surface area contributed by atoms with Crippen molar-refractivity contribution in [3.8, 4) is 0 Å². The second kappa shape index (κ2) is 5.53. The number of hydrogen-bond acceptors (Lipinski definition) is 2. The van der Waals surface area contributed by atoms with Gasteiger partial charge in [-0.05, 0) is 25.2 Å². The van der Waals surface area contributed by atoms with E-state index < -0.39 is 10.8 Å². The van der Waals surface area contributed by atoms with Gasteiger partial charge in [0.15, 0.2) is 0 Å². The van der Waals surface area contributed by atoms with Gasteiger partial charge in [0, 0.05) is 35.6 Å². The molecule has 1 aliphatic rings. The molecule has 0 aromatic carbocycles. The molecular weight excluding hydrogens is 184 g/mol. The Balaban J connectivity index is 2.30. The summed E-state index contributed by atoms with van der Waals surface area (Å²) in [6.07, 6.45) is 7.59. The second-order valence-electron chi connectivity index (χ2n) is 3.92. The molecule has 1 saturated carbocycles. The van der Waals surface area contributed by atoms with Crippen molar-refractivity contribution in [3.05, 3.63) is 0 Å². The van der Waals surface area contributed by atoms with Gasteiger partial charge in [0.1, 0.15) is 5.78 Å². The summed E-state index contributed by atoms with van der Waals surface area (Å²) in [5, 5.41) is 0. The molecule has 0 radical (unpaired) electrons. The molecule has 3 heteroatoms. The van der Waals surface area contributed by atoms with Crippen LogP contribution in [0.25, 0.3) is 0 Å². The van der Waals surface area contributed by atoms with Gasteiger partial charge in [-0.25, -0.2) is 0 Å². The van der Waals surface area contributed by atoms with Crippen LogP contribution in [0.1, 0.15) is 38.5 Å². The summed E-state index contributed by atoms with van der Waals surface area (Å²) < 4.78 is 10.9. The molecule has 0 amide bonds. The topological polar surface area (TPSA) is 34.1 Å². The standard InChI is InChI=1S/C10H18O2S/c1-13(12)7-6-9-4-2-3-5-10(11)8-9/h9H,2-8H2,1H3. The minimum absolute atomic E-state index is 0.407. The Bertz CT molecular complexity index is 201. The Morgan fingerprint density at radius 2 is 2.23 bits per heavy atom. The first kappa shape index (κ1) is 10.9. The third kappa shape index (κ3) is 4.55. The molecular formula is C10H18O2S. The molecule has 1 rings (SSSR count). The van der Waals surface area contributed by atoms with Crippen molar-refractivity contribution in [1.29, 1.82) is 0 Å². The van der Waals surface area contributed by atoms with Crippen molar-refractivity contribution in [2.75, 3.05) is 12.0 Å². The molecule has 1 fully saturated rings. The average molecular weight is 202 g/mol. The lowest BCUT2D eigenvalue weighted by molar-refractivity contribution is -0.119. The van der Waals surface area contributed by atoms with E-state index in [1.54, 1.807) is 6.26 Å². The van der Waals surface area contributed by atoms with E-state index in [0.29, 0.717) is 11.7 Å². The van der Waals surface area contributed by atoms with Gasteiger partial charge in [0.05, 0.1) is 0 Å². The summed E-state index contributed by atoms with van der Waals surface area (Å²) in [5.41, 5.74) is 0. The first-order chi connectivity index (χ1) is 6.18. The maximum atomic E-state index is 11.3. The van der Waals surface area contributed by atoms with E-state index >= 15 is 0 Å². The van der Waals surface area contributed by atoms with E-state index in [-0.39, 0.29) is 0 Å². The van der Waals surface area contributed by atoms with E-state index in [9.17, 15) is 9.00 Å². The number of carbonyl (C=O) groups excluding carboxylic acids is 1. The van der Waals surface area contributed by atoms with Crippen LogP contribution in [-0.2, 0) is 15.6 Å². The van der Waals surface area contributed by atoms with Crippen LogP contribution in [0, 0.1) is 5.92 Å². The van der Waals surface area contributed by atoms with E-state index in [0.717, 1.165) is 37.9 Å². The highest BCUT2D eigenvalue weighted by molar-refractivity contribution is 7.84. The highest BCUT2D eigenvalue weighted by Crippen LogP contribution is 2.23. The maximum absolute atomic E-state index is 11.3. The molecule has 0 saturated heterocycles. The third-order valence-electron chi connectivity index (χ3n) is 2.65. The van der Waals surface area contributed by atoms with Crippen molar-refractivity contribution in [2.24, 2.45) is 5.92 Å². The molecule has 13 heavy (non-hydrogen) atoms. The maximum Gasteiger partial charge on any atom is 0.133 e. The van der Waals surface area contributed by atoms with Crippen molar-refractivity contribution in [1.82, 2.24) is 0 Å². The Labute approximate surface area is 82.6 Å². The Kier molecular flexibility index (Phi) is 4.64. The molecule has 0 bridgehead atoms. The van der Waals surface area contributed by atoms with E-state index in [1.165, 1.54) is 6.42 Å². The lowest BCUT2D eigenvalue weighted by Crippen LogP contribution is -2.08. The zero-order valence-electron chi connectivity index (χ0n) is 8.25. The van der Waals surface area contributed by atoms with Gasteiger partial charge in [-0.1, -0.05) is 6.42 Å². The number of Topliss-reactive ketones (excluding diaryl/α,β-unsaturated/α-hetero) is 1. The van der Waals surface area contributed by atoms with Gasteiger partial charge in [-0.15, -0.1) is 0 Å². The van der Waals surface area contributed by atoms with Crippen LogP contribution in [0.5, 0.6) is 0 Å². The monoisotopic (exact) mass is 202 g/mol. The average Bonchev–Trinajstić information content (AvgIpc) is 2.26. The Morgan fingerprint density at radius 3 is 2.92 bits per heavy atom. The third-order valence-corrected chi connectivity index (χ3v) is 3.46. The molecule has 1 aliphatic carbocycles. The first-order valence-electron chi connectivity index (χ1n) is 5.00. The fourth-order valence-corrected chi connectivity index (χ4v) is 2.53. The molecule has 0 heterocycles. The molecule has 0 aromatic rings. The minimum atomic E-state index is -0.695. The fraction of sp³-hybridized carbons (Fsp3) is 0.900. The first-order valence-corrected chi connectivity index (χ1v) is 6.73. The summed E-state index contributed by atoms with van der Waals surface area (Å²) in [7, 11) is -0.695. The second-order valence-corrected chi connectivity index (χ2v) is 5.48. The number of carbonyl (C=O) groups is 1. The SMILES string of the molecule is CS(=O)CCC1CCCCC(=O)C1. The van der Waals surface area contributed by atoms with Gasteiger partial charge >= 0.3 is 0 Å². The van der Waals surface area contributed by atoms with Gasteiger partial charge in [0.2, 0.25) is 0 Å². The number of ketones is 1. The van der Waals surface area contributed by atoms with Crippen LogP contribution in [0.4, 0.5) is 0 Å². The van der Waals surface area contributed by atoms with Gasteiger partial charge in [-0.3, -0.25) is 9.00 Å². The van der Waals surface area contributed by atoms with Crippen molar-refractivity contribution in [3.63, 3.8) is 0 Å². The quantitative estimate of drug-likeness (QED) is 0.655. The molecule has 0 N–H and O–H groups in total. The largest absolute Gasteiger partial charge is 0.300 e. The fourth-order valence-electron chi connectivity index (χ4n) is 1.86. The summed E-state index contributed by atoms with van der Waals surface area (Å²) in [6.45, 7) is 0. The van der Waals surface area contributed by atoms with Crippen molar-refractivity contribution < 1.29 is 9.00 Å². The highest BCUT2D eigenvalue weighted by atomic mass is 32.2. The van der Waals surface area contributed by atoms with Crippen LogP contribution in [0.3, 0.4) is 0 Å². The van der Waals surface area contributed by atoms with E-state index in [4.69, 9.17) is 0 Å². The molecule has 0 spiro atoms. The summed E-state index contributed by atoms with van der Waals surface area (Å²) >= 11 is 0.